The van der Waals surface area contributed by atoms with E-state index in [2.05, 4.69) is 27.8 Å². The Morgan fingerprint density at radius 2 is 2.00 bits per heavy atom. The maximum Gasteiger partial charge on any atom is 0.177 e. The van der Waals surface area contributed by atoms with Gasteiger partial charge in [-0.3, -0.25) is 0 Å². The lowest BCUT2D eigenvalue weighted by Crippen LogP contribution is -2.40. The first kappa shape index (κ1) is 13.9. The Balaban J connectivity index is 2.35. The van der Waals surface area contributed by atoms with Crippen molar-refractivity contribution in [2.75, 3.05) is 24.2 Å². The molecule has 2 unspecified atom stereocenters. The highest BCUT2D eigenvalue weighted by Crippen LogP contribution is 2.31. The normalized spacial score (nSPS) is 25.2. The van der Waals surface area contributed by atoms with Gasteiger partial charge in [0.15, 0.2) is 9.84 Å². The zero-order chi connectivity index (χ0) is 13.3. The van der Waals surface area contributed by atoms with Crippen molar-refractivity contribution in [3.8, 4) is 0 Å². The maximum absolute atomic E-state index is 11.8. The highest BCUT2D eigenvalue weighted by molar-refractivity contribution is 9.09. The molecular formula is C13H18BrNO2S. The van der Waals surface area contributed by atoms with E-state index in [0.29, 0.717) is 15.6 Å². The second-order valence-corrected chi connectivity index (χ2v) is 8.13. The fourth-order valence-electron chi connectivity index (χ4n) is 2.27. The summed E-state index contributed by atoms with van der Waals surface area (Å²) in [5.41, 5.74) is 0.830. The first-order valence-corrected chi connectivity index (χ1v) is 8.88. The predicted octanol–water partition coefficient (Wildman–Crippen LogP) is 2.70. The zero-order valence-corrected chi connectivity index (χ0v) is 13.0. The molecule has 2 rings (SSSR count). The number of hydrogen-bond donors (Lipinski definition) is 0. The van der Waals surface area contributed by atoms with Gasteiger partial charge in [0.1, 0.15) is 0 Å². The summed E-state index contributed by atoms with van der Waals surface area (Å²) < 4.78 is 23.6. The van der Waals surface area contributed by atoms with Gasteiger partial charge in [0.05, 0.1) is 10.6 Å². The van der Waals surface area contributed by atoms with Crippen LogP contribution in [0, 0.1) is 5.92 Å². The Morgan fingerprint density at radius 1 is 1.33 bits per heavy atom. The molecule has 0 amide bonds. The van der Waals surface area contributed by atoms with Crippen molar-refractivity contribution in [1.82, 2.24) is 0 Å². The highest BCUT2D eigenvalue weighted by atomic mass is 79.9. The van der Waals surface area contributed by atoms with E-state index in [0.717, 1.165) is 25.2 Å². The number of rotatable bonds is 2. The quantitative estimate of drug-likeness (QED) is 0.782. The van der Waals surface area contributed by atoms with Crippen LogP contribution in [0.5, 0.6) is 0 Å². The molecule has 3 nitrogen and oxygen atoms in total. The van der Waals surface area contributed by atoms with E-state index in [9.17, 15) is 8.42 Å². The Labute approximate surface area is 117 Å². The minimum absolute atomic E-state index is 0.416. The molecule has 0 aromatic heterocycles. The van der Waals surface area contributed by atoms with Gasteiger partial charge in [-0.15, -0.1) is 0 Å². The van der Waals surface area contributed by atoms with Crippen molar-refractivity contribution in [3.63, 3.8) is 0 Å². The Bertz CT molecular complexity index is 530. The number of sulfone groups is 1. The second-order valence-electron chi connectivity index (χ2n) is 4.97. The van der Waals surface area contributed by atoms with Gasteiger partial charge in [-0.1, -0.05) is 35.0 Å². The Kier molecular flexibility index (Phi) is 4.02. The SMILES string of the molecule is CC1CCN(c2ccccc2S(C)(=O)=O)CC1Br. The average Bonchev–Trinajstić information content (AvgIpc) is 2.32. The van der Waals surface area contributed by atoms with Crippen LogP contribution in [-0.4, -0.2) is 32.6 Å². The molecule has 100 valence electrons. The molecule has 0 bridgehead atoms. The van der Waals surface area contributed by atoms with Gasteiger partial charge in [-0.2, -0.15) is 0 Å². The summed E-state index contributed by atoms with van der Waals surface area (Å²) in [5.74, 6) is 0.631. The summed E-state index contributed by atoms with van der Waals surface area (Å²) in [4.78, 5) is 3.01. The molecule has 0 spiro atoms. The molecular weight excluding hydrogens is 314 g/mol. The summed E-state index contributed by atoms with van der Waals surface area (Å²) in [6, 6.07) is 7.25. The highest BCUT2D eigenvalue weighted by Gasteiger charge is 2.26. The van der Waals surface area contributed by atoms with Crippen LogP contribution in [0.2, 0.25) is 0 Å². The number of benzene rings is 1. The van der Waals surface area contributed by atoms with E-state index in [-0.39, 0.29) is 0 Å². The molecule has 18 heavy (non-hydrogen) atoms. The minimum atomic E-state index is -3.17. The van der Waals surface area contributed by atoms with Gasteiger partial charge >= 0.3 is 0 Å². The molecule has 1 aromatic carbocycles. The number of anilines is 1. The van der Waals surface area contributed by atoms with Crippen LogP contribution in [0.15, 0.2) is 29.2 Å². The van der Waals surface area contributed by atoms with Crippen molar-refractivity contribution in [2.24, 2.45) is 5.92 Å². The van der Waals surface area contributed by atoms with Gasteiger partial charge in [0, 0.05) is 24.2 Å². The maximum atomic E-state index is 11.8. The third kappa shape index (κ3) is 2.88. The Hall–Kier alpha value is -0.550. The number of para-hydroxylation sites is 1. The Morgan fingerprint density at radius 3 is 2.61 bits per heavy atom. The monoisotopic (exact) mass is 331 g/mol. The summed E-state index contributed by atoms with van der Waals surface area (Å²) >= 11 is 3.68. The van der Waals surface area contributed by atoms with Crippen molar-refractivity contribution in [3.05, 3.63) is 24.3 Å². The third-order valence-corrected chi connectivity index (χ3v) is 5.81. The predicted molar refractivity (Wildman–Crippen MR) is 78.3 cm³/mol. The average molecular weight is 332 g/mol. The first-order chi connectivity index (χ1) is 8.39. The summed E-state index contributed by atoms with van der Waals surface area (Å²) in [5, 5.41) is 0. The van der Waals surface area contributed by atoms with Gasteiger partial charge < -0.3 is 4.90 Å². The van der Waals surface area contributed by atoms with Crippen molar-refractivity contribution in [1.29, 1.82) is 0 Å². The molecule has 1 aliphatic heterocycles. The van der Waals surface area contributed by atoms with Gasteiger partial charge in [-0.05, 0) is 24.5 Å². The van der Waals surface area contributed by atoms with Crippen molar-refractivity contribution < 1.29 is 8.42 Å². The third-order valence-electron chi connectivity index (χ3n) is 3.47. The number of nitrogens with zero attached hydrogens (tertiary/aromatic N) is 1. The molecule has 0 aliphatic carbocycles. The van der Waals surface area contributed by atoms with E-state index in [1.165, 1.54) is 6.26 Å². The standard InChI is InChI=1S/C13H18BrNO2S/c1-10-7-8-15(9-11(10)14)12-5-3-4-6-13(12)18(2,16)17/h3-6,10-11H,7-9H2,1-2H3. The lowest BCUT2D eigenvalue weighted by molar-refractivity contribution is 0.455. The molecule has 2 atom stereocenters. The van der Waals surface area contributed by atoms with E-state index in [1.807, 2.05) is 12.1 Å². The summed E-state index contributed by atoms with van der Waals surface area (Å²) in [6.07, 6.45) is 2.35. The van der Waals surface area contributed by atoms with Crippen molar-refractivity contribution >= 4 is 31.5 Å². The zero-order valence-electron chi connectivity index (χ0n) is 10.6. The fourth-order valence-corrected chi connectivity index (χ4v) is 3.79. The number of halogens is 1. The van der Waals surface area contributed by atoms with E-state index >= 15 is 0 Å². The van der Waals surface area contributed by atoms with Crippen LogP contribution in [0.3, 0.4) is 0 Å². The topological polar surface area (TPSA) is 37.4 Å². The molecule has 1 heterocycles. The molecule has 1 aliphatic rings. The molecule has 0 N–H and O–H groups in total. The van der Waals surface area contributed by atoms with Gasteiger partial charge in [0.25, 0.3) is 0 Å². The summed E-state index contributed by atoms with van der Waals surface area (Å²) in [6.45, 7) is 3.99. The minimum Gasteiger partial charge on any atom is -0.369 e. The number of hydrogen-bond acceptors (Lipinski definition) is 3. The smallest absolute Gasteiger partial charge is 0.177 e. The van der Waals surface area contributed by atoms with Crippen LogP contribution >= 0.6 is 15.9 Å². The first-order valence-electron chi connectivity index (χ1n) is 6.07. The van der Waals surface area contributed by atoms with Crippen LogP contribution in [0.25, 0.3) is 0 Å². The lowest BCUT2D eigenvalue weighted by atomic mass is 9.98. The van der Waals surface area contributed by atoms with Crippen molar-refractivity contribution in [2.45, 2.75) is 23.1 Å². The van der Waals surface area contributed by atoms with Crippen LogP contribution in [0.4, 0.5) is 5.69 Å². The van der Waals surface area contributed by atoms with Crippen LogP contribution in [0.1, 0.15) is 13.3 Å². The molecule has 0 radical (unpaired) electrons. The largest absolute Gasteiger partial charge is 0.369 e. The number of piperidine rings is 1. The summed E-state index contributed by atoms with van der Waals surface area (Å²) in [7, 11) is -3.17. The molecule has 5 heteroatoms. The molecule has 1 aromatic rings. The molecule has 0 saturated carbocycles. The number of alkyl halides is 1. The lowest BCUT2D eigenvalue weighted by Gasteiger charge is -2.36. The van der Waals surface area contributed by atoms with E-state index in [4.69, 9.17) is 0 Å². The van der Waals surface area contributed by atoms with Gasteiger partial charge in [-0.25, -0.2) is 8.42 Å². The van der Waals surface area contributed by atoms with E-state index in [1.54, 1.807) is 12.1 Å². The van der Waals surface area contributed by atoms with Gasteiger partial charge in [0.2, 0.25) is 0 Å². The molecule has 1 fully saturated rings. The second kappa shape index (κ2) is 5.21. The molecule has 1 saturated heterocycles. The fraction of sp³-hybridized carbons (Fsp3) is 0.538. The van der Waals surface area contributed by atoms with Crippen LogP contribution < -0.4 is 4.90 Å². The van der Waals surface area contributed by atoms with Crippen LogP contribution in [-0.2, 0) is 9.84 Å². The van der Waals surface area contributed by atoms with E-state index < -0.39 is 9.84 Å².